The molecule has 1 aliphatic heterocycles. The maximum atomic E-state index is 11.9. The van der Waals surface area contributed by atoms with Gasteiger partial charge in [-0.1, -0.05) is 37.3 Å². The molecule has 3 heteroatoms. The van der Waals surface area contributed by atoms with E-state index in [9.17, 15) is 4.79 Å². The van der Waals surface area contributed by atoms with Crippen molar-refractivity contribution in [2.75, 3.05) is 13.1 Å². The van der Waals surface area contributed by atoms with Gasteiger partial charge in [-0.2, -0.15) is 0 Å². The fraction of sp³-hybridized carbons (Fsp3) is 0.500. The highest BCUT2D eigenvalue weighted by Crippen LogP contribution is 2.34. The van der Waals surface area contributed by atoms with E-state index in [2.05, 4.69) is 31.2 Å². The number of likely N-dealkylation sites (tertiary alicyclic amines) is 1. The van der Waals surface area contributed by atoms with E-state index in [1.165, 1.54) is 5.56 Å². The second-order valence-corrected chi connectivity index (χ2v) is 5.23. The highest BCUT2D eigenvalue weighted by molar-refractivity contribution is 5.81. The van der Waals surface area contributed by atoms with Crippen molar-refractivity contribution in [3.8, 4) is 0 Å². The largest absolute Gasteiger partial charge is 0.340 e. The van der Waals surface area contributed by atoms with Crippen LogP contribution >= 0.6 is 0 Å². The van der Waals surface area contributed by atoms with Gasteiger partial charge >= 0.3 is 0 Å². The third-order valence-electron chi connectivity index (χ3n) is 3.65. The Kier molecular flexibility index (Phi) is 3.20. The Morgan fingerprint density at radius 2 is 2.06 bits per heavy atom. The summed E-state index contributed by atoms with van der Waals surface area (Å²) >= 11 is 0. The van der Waals surface area contributed by atoms with Crippen LogP contribution in [0.3, 0.4) is 0 Å². The molecule has 3 nitrogen and oxygen atoms in total. The van der Waals surface area contributed by atoms with Crippen molar-refractivity contribution in [3.63, 3.8) is 0 Å². The number of nitrogens with two attached hydrogens (primary N) is 1. The Hall–Kier alpha value is -1.35. The average Bonchev–Trinajstić information content (AvgIpc) is 2.73. The highest BCUT2D eigenvalue weighted by Gasteiger charge is 2.37. The fourth-order valence-corrected chi connectivity index (χ4v) is 2.51. The molecule has 0 saturated carbocycles. The number of hydrogen-bond donors (Lipinski definition) is 1. The topological polar surface area (TPSA) is 46.3 Å². The Morgan fingerprint density at radius 1 is 1.41 bits per heavy atom. The number of carbonyl (C=O) groups is 1. The zero-order valence-electron chi connectivity index (χ0n) is 10.5. The highest BCUT2D eigenvalue weighted by atomic mass is 16.2. The zero-order valence-corrected chi connectivity index (χ0v) is 10.5. The summed E-state index contributed by atoms with van der Waals surface area (Å²) in [6.45, 7) is 5.56. The van der Waals surface area contributed by atoms with Crippen molar-refractivity contribution in [2.24, 2.45) is 5.73 Å². The first kappa shape index (κ1) is 12.1. The summed E-state index contributed by atoms with van der Waals surface area (Å²) in [4.78, 5) is 13.8. The van der Waals surface area contributed by atoms with Crippen molar-refractivity contribution in [3.05, 3.63) is 35.9 Å². The maximum absolute atomic E-state index is 11.9. The molecular formula is C14H20N2O. The smallest absolute Gasteiger partial charge is 0.239 e. The molecule has 0 radical (unpaired) electrons. The monoisotopic (exact) mass is 232 g/mol. The molecule has 2 atom stereocenters. The van der Waals surface area contributed by atoms with Gasteiger partial charge < -0.3 is 10.6 Å². The summed E-state index contributed by atoms with van der Waals surface area (Å²) in [5.41, 5.74) is 7.03. The van der Waals surface area contributed by atoms with Gasteiger partial charge in [0.05, 0.1) is 6.04 Å². The molecule has 1 fully saturated rings. The van der Waals surface area contributed by atoms with Crippen LogP contribution < -0.4 is 5.73 Å². The molecule has 1 saturated heterocycles. The minimum Gasteiger partial charge on any atom is -0.340 e. The Bertz CT molecular complexity index is 402. The molecular weight excluding hydrogens is 212 g/mol. The van der Waals surface area contributed by atoms with Crippen molar-refractivity contribution in [1.82, 2.24) is 4.90 Å². The molecule has 1 heterocycles. The number of amides is 1. The summed E-state index contributed by atoms with van der Waals surface area (Å²) < 4.78 is 0. The Morgan fingerprint density at radius 3 is 2.65 bits per heavy atom. The SMILES string of the molecule is C[C@@H](N)C(=O)N1CCC(C)(c2ccccc2)C1. The van der Waals surface area contributed by atoms with Gasteiger partial charge in [-0.3, -0.25) is 4.79 Å². The van der Waals surface area contributed by atoms with E-state index in [0.717, 1.165) is 19.5 Å². The van der Waals surface area contributed by atoms with Gasteiger partial charge in [0, 0.05) is 18.5 Å². The lowest BCUT2D eigenvalue weighted by molar-refractivity contribution is -0.131. The minimum atomic E-state index is -0.395. The average molecular weight is 232 g/mol. The molecule has 1 aromatic rings. The second kappa shape index (κ2) is 4.49. The first-order valence-corrected chi connectivity index (χ1v) is 6.13. The number of hydrogen-bond acceptors (Lipinski definition) is 2. The van der Waals surface area contributed by atoms with Crippen molar-refractivity contribution < 1.29 is 4.79 Å². The van der Waals surface area contributed by atoms with Crippen LogP contribution in [0.1, 0.15) is 25.8 Å². The van der Waals surface area contributed by atoms with Crippen molar-refractivity contribution in [2.45, 2.75) is 31.7 Å². The van der Waals surface area contributed by atoms with Gasteiger partial charge in [0.1, 0.15) is 0 Å². The molecule has 17 heavy (non-hydrogen) atoms. The maximum Gasteiger partial charge on any atom is 0.239 e. The second-order valence-electron chi connectivity index (χ2n) is 5.23. The molecule has 1 amide bonds. The quantitative estimate of drug-likeness (QED) is 0.840. The van der Waals surface area contributed by atoms with Crippen LogP contribution in [0.4, 0.5) is 0 Å². The molecule has 1 aliphatic rings. The van der Waals surface area contributed by atoms with E-state index >= 15 is 0 Å². The predicted molar refractivity (Wildman–Crippen MR) is 68.6 cm³/mol. The molecule has 0 aliphatic carbocycles. The van der Waals surface area contributed by atoms with Gasteiger partial charge in [0.25, 0.3) is 0 Å². The molecule has 1 unspecified atom stereocenters. The van der Waals surface area contributed by atoms with Gasteiger partial charge in [-0.25, -0.2) is 0 Å². The van der Waals surface area contributed by atoms with Crippen LogP contribution in [0.5, 0.6) is 0 Å². The summed E-state index contributed by atoms with van der Waals surface area (Å²) in [5, 5.41) is 0. The van der Waals surface area contributed by atoms with Crippen LogP contribution in [0.15, 0.2) is 30.3 Å². The third-order valence-corrected chi connectivity index (χ3v) is 3.65. The molecule has 2 N–H and O–H groups in total. The molecule has 0 aromatic heterocycles. The van der Waals surface area contributed by atoms with Crippen LogP contribution in [0.2, 0.25) is 0 Å². The molecule has 0 bridgehead atoms. The van der Waals surface area contributed by atoms with E-state index in [0.29, 0.717) is 0 Å². The van der Waals surface area contributed by atoms with E-state index in [-0.39, 0.29) is 11.3 Å². The Balaban J connectivity index is 2.14. The first-order chi connectivity index (χ1) is 8.03. The summed E-state index contributed by atoms with van der Waals surface area (Å²) in [6.07, 6.45) is 1.01. The van der Waals surface area contributed by atoms with E-state index < -0.39 is 6.04 Å². The van der Waals surface area contributed by atoms with Crippen molar-refractivity contribution >= 4 is 5.91 Å². The number of carbonyl (C=O) groups excluding carboxylic acids is 1. The lowest BCUT2D eigenvalue weighted by atomic mass is 9.82. The van der Waals surface area contributed by atoms with Crippen LogP contribution in [-0.4, -0.2) is 29.9 Å². The number of benzene rings is 1. The van der Waals surface area contributed by atoms with Crippen LogP contribution in [0.25, 0.3) is 0 Å². The minimum absolute atomic E-state index is 0.0599. The fourth-order valence-electron chi connectivity index (χ4n) is 2.51. The predicted octanol–water partition coefficient (Wildman–Crippen LogP) is 1.52. The lowest BCUT2D eigenvalue weighted by Gasteiger charge is -2.25. The molecule has 2 rings (SSSR count). The van der Waals surface area contributed by atoms with Gasteiger partial charge in [0.2, 0.25) is 5.91 Å². The molecule has 1 aromatic carbocycles. The van der Waals surface area contributed by atoms with Crippen molar-refractivity contribution in [1.29, 1.82) is 0 Å². The first-order valence-electron chi connectivity index (χ1n) is 6.13. The number of nitrogens with zero attached hydrogens (tertiary/aromatic N) is 1. The van der Waals surface area contributed by atoms with E-state index in [4.69, 9.17) is 5.73 Å². The van der Waals surface area contributed by atoms with Crippen LogP contribution in [0, 0.1) is 0 Å². The normalized spacial score (nSPS) is 25.9. The molecule has 92 valence electrons. The summed E-state index contributed by atoms with van der Waals surface area (Å²) in [5.74, 6) is 0.0599. The van der Waals surface area contributed by atoms with Crippen LogP contribution in [-0.2, 0) is 10.2 Å². The molecule has 0 spiro atoms. The van der Waals surface area contributed by atoms with Gasteiger partial charge in [-0.15, -0.1) is 0 Å². The third kappa shape index (κ3) is 2.34. The van der Waals surface area contributed by atoms with E-state index in [1.807, 2.05) is 11.0 Å². The summed E-state index contributed by atoms with van der Waals surface area (Å²) in [7, 11) is 0. The lowest BCUT2D eigenvalue weighted by Crippen LogP contribution is -2.42. The summed E-state index contributed by atoms with van der Waals surface area (Å²) in [6, 6.07) is 10.0. The standard InChI is InChI=1S/C14H20N2O/c1-11(15)13(17)16-9-8-14(2,10-16)12-6-4-3-5-7-12/h3-7,11H,8-10,15H2,1-2H3/t11-,14?/m1/s1. The number of rotatable bonds is 2. The van der Waals surface area contributed by atoms with E-state index in [1.54, 1.807) is 6.92 Å². The van der Waals surface area contributed by atoms with Gasteiger partial charge in [0.15, 0.2) is 0 Å². The zero-order chi connectivity index (χ0) is 12.5. The Labute approximate surface area is 103 Å². The van der Waals surface area contributed by atoms with Gasteiger partial charge in [-0.05, 0) is 18.9 Å².